The van der Waals surface area contributed by atoms with Crippen molar-refractivity contribution in [1.82, 2.24) is 0 Å². The van der Waals surface area contributed by atoms with E-state index in [-0.39, 0.29) is 5.78 Å². The highest BCUT2D eigenvalue weighted by molar-refractivity contribution is 5.93. The Bertz CT molecular complexity index is 224. The van der Waals surface area contributed by atoms with Crippen LogP contribution in [-0.4, -0.2) is 5.78 Å². The van der Waals surface area contributed by atoms with Gasteiger partial charge in [-0.15, -0.1) is 26.3 Å². The van der Waals surface area contributed by atoms with Crippen molar-refractivity contribution in [3.63, 3.8) is 0 Å². The molecule has 0 aliphatic carbocycles. The molecule has 1 heteroatoms. The van der Waals surface area contributed by atoms with E-state index in [0.29, 0.717) is 0 Å². The Morgan fingerprint density at radius 1 is 1.00 bits per heavy atom. The van der Waals surface area contributed by atoms with E-state index in [0.717, 1.165) is 5.56 Å². The quantitative estimate of drug-likeness (QED) is 0.473. The van der Waals surface area contributed by atoms with Crippen LogP contribution in [0.2, 0.25) is 0 Å². The zero-order valence-electron chi connectivity index (χ0n) is 8.12. The van der Waals surface area contributed by atoms with Crippen molar-refractivity contribution in [2.45, 2.75) is 6.92 Å². The average Bonchev–Trinajstić information content (AvgIpc) is 2.25. The van der Waals surface area contributed by atoms with E-state index in [2.05, 4.69) is 26.3 Å². The van der Waals surface area contributed by atoms with Gasteiger partial charge < -0.3 is 0 Å². The summed E-state index contributed by atoms with van der Waals surface area (Å²) in [5.41, 5.74) is 0.775. The van der Waals surface area contributed by atoms with Gasteiger partial charge in [-0.25, -0.2) is 0 Å². The molecule has 0 atom stereocenters. The number of Topliss-reactive ketones (excluding diaryl/α,β-unsaturated/α-hetero) is 1. The van der Waals surface area contributed by atoms with Crippen LogP contribution in [0.25, 0.3) is 0 Å². The Labute approximate surface area is 80.4 Å². The van der Waals surface area contributed by atoms with Crippen LogP contribution in [-0.2, 0) is 0 Å². The summed E-state index contributed by atoms with van der Waals surface area (Å²) in [4.78, 5) is 10.6. The van der Waals surface area contributed by atoms with E-state index >= 15 is 0 Å². The second-order valence-electron chi connectivity index (χ2n) is 1.92. The normalized spacial score (nSPS) is 6.85. The summed E-state index contributed by atoms with van der Waals surface area (Å²) < 4.78 is 0. The van der Waals surface area contributed by atoms with Crippen LogP contribution >= 0.6 is 0 Å². The van der Waals surface area contributed by atoms with Crippen molar-refractivity contribution < 1.29 is 4.79 Å². The molecule has 0 fully saturated rings. The third-order valence-electron chi connectivity index (χ3n) is 1.18. The molecule has 0 N–H and O–H groups in total. The van der Waals surface area contributed by atoms with Crippen LogP contribution < -0.4 is 0 Å². The third kappa shape index (κ3) is 6.76. The van der Waals surface area contributed by atoms with Gasteiger partial charge in [-0.1, -0.05) is 30.3 Å². The third-order valence-corrected chi connectivity index (χ3v) is 1.18. The summed E-state index contributed by atoms with van der Waals surface area (Å²) in [6, 6.07) is 9.23. The first-order chi connectivity index (χ1) is 6.30. The predicted molar refractivity (Wildman–Crippen MR) is 59.0 cm³/mol. The van der Waals surface area contributed by atoms with Gasteiger partial charge in [-0.2, -0.15) is 0 Å². The number of ketones is 1. The molecule has 1 aromatic rings. The van der Waals surface area contributed by atoms with Crippen molar-refractivity contribution in [1.29, 1.82) is 0 Å². The second kappa shape index (κ2) is 10.4. The fourth-order valence-corrected chi connectivity index (χ4v) is 0.673. The number of benzene rings is 1. The molecule has 0 unspecified atom stereocenters. The fraction of sp³-hybridized carbons (Fsp3) is 0.0833. The molecule has 0 spiro atoms. The Kier molecular flexibility index (Phi) is 11.1. The first-order valence-electron chi connectivity index (χ1n) is 3.86. The van der Waals surface area contributed by atoms with E-state index < -0.39 is 0 Å². The molecular formula is C12H16O. The zero-order valence-corrected chi connectivity index (χ0v) is 8.12. The molecule has 13 heavy (non-hydrogen) atoms. The molecule has 0 aliphatic heterocycles. The van der Waals surface area contributed by atoms with Crippen molar-refractivity contribution in [3.05, 3.63) is 62.2 Å². The second-order valence-corrected chi connectivity index (χ2v) is 1.92. The van der Waals surface area contributed by atoms with Gasteiger partial charge in [-0.3, -0.25) is 4.79 Å². The highest BCUT2D eigenvalue weighted by Gasteiger charge is 1.92. The smallest absolute Gasteiger partial charge is 0.159 e. The molecule has 0 heterocycles. The number of carbonyl (C=O) groups is 1. The largest absolute Gasteiger partial charge is 0.295 e. The summed E-state index contributed by atoms with van der Waals surface area (Å²) in [6.45, 7) is 13.6. The van der Waals surface area contributed by atoms with Crippen LogP contribution in [0.15, 0.2) is 56.6 Å². The molecule has 0 radical (unpaired) electrons. The lowest BCUT2D eigenvalue weighted by molar-refractivity contribution is 0.101. The first kappa shape index (κ1) is 13.9. The van der Waals surface area contributed by atoms with E-state index in [1.165, 1.54) is 0 Å². The molecule has 0 bridgehead atoms. The molecular weight excluding hydrogens is 160 g/mol. The average molecular weight is 176 g/mol. The number of hydrogen-bond acceptors (Lipinski definition) is 1. The molecule has 70 valence electrons. The fourth-order valence-electron chi connectivity index (χ4n) is 0.673. The van der Waals surface area contributed by atoms with Crippen LogP contribution in [0, 0.1) is 0 Å². The maximum absolute atomic E-state index is 10.6. The van der Waals surface area contributed by atoms with Crippen LogP contribution in [0.5, 0.6) is 0 Å². The Balaban J connectivity index is 0. The minimum absolute atomic E-state index is 0.121. The summed E-state index contributed by atoms with van der Waals surface area (Å²) in [7, 11) is 0. The van der Waals surface area contributed by atoms with Gasteiger partial charge in [-0.05, 0) is 6.92 Å². The van der Waals surface area contributed by atoms with Crippen molar-refractivity contribution >= 4 is 5.78 Å². The number of carbonyl (C=O) groups excluding carboxylic acids is 1. The molecule has 0 saturated heterocycles. The van der Waals surface area contributed by atoms with Crippen molar-refractivity contribution in [2.24, 2.45) is 0 Å². The van der Waals surface area contributed by atoms with Crippen LogP contribution in [0.1, 0.15) is 17.3 Å². The highest BCUT2D eigenvalue weighted by atomic mass is 16.1. The van der Waals surface area contributed by atoms with Crippen molar-refractivity contribution in [3.8, 4) is 0 Å². The van der Waals surface area contributed by atoms with E-state index in [4.69, 9.17) is 0 Å². The Morgan fingerprint density at radius 3 is 1.62 bits per heavy atom. The molecule has 0 saturated carbocycles. The number of rotatable bonds is 1. The predicted octanol–water partition coefficient (Wildman–Crippen LogP) is 3.49. The lowest BCUT2D eigenvalue weighted by Gasteiger charge is -1.89. The van der Waals surface area contributed by atoms with Crippen LogP contribution in [0.3, 0.4) is 0 Å². The molecule has 1 aromatic carbocycles. The van der Waals surface area contributed by atoms with E-state index in [9.17, 15) is 4.79 Å². The van der Waals surface area contributed by atoms with Gasteiger partial charge in [0.25, 0.3) is 0 Å². The van der Waals surface area contributed by atoms with Crippen molar-refractivity contribution in [2.75, 3.05) is 0 Å². The monoisotopic (exact) mass is 176 g/mol. The van der Waals surface area contributed by atoms with Crippen LogP contribution in [0.4, 0.5) is 0 Å². The minimum Gasteiger partial charge on any atom is -0.295 e. The molecule has 0 aliphatic rings. The molecule has 0 amide bonds. The Morgan fingerprint density at radius 2 is 1.38 bits per heavy atom. The van der Waals surface area contributed by atoms with E-state index in [1.54, 1.807) is 6.92 Å². The highest BCUT2D eigenvalue weighted by Crippen LogP contribution is 1.97. The van der Waals surface area contributed by atoms with Gasteiger partial charge in [0.2, 0.25) is 0 Å². The lowest BCUT2D eigenvalue weighted by atomic mass is 10.2. The molecule has 0 aromatic heterocycles. The van der Waals surface area contributed by atoms with Gasteiger partial charge in [0, 0.05) is 5.56 Å². The number of hydrogen-bond donors (Lipinski definition) is 0. The van der Waals surface area contributed by atoms with E-state index in [1.807, 2.05) is 30.3 Å². The van der Waals surface area contributed by atoms with Gasteiger partial charge in [0.15, 0.2) is 5.78 Å². The summed E-state index contributed by atoms with van der Waals surface area (Å²) in [5.74, 6) is 0.121. The van der Waals surface area contributed by atoms with Gasteiger partial charge >= 0.3 is 0 Å². The molecule has 1 rings (SSSR count). The first-order valence-corrected chi connectivity index (χ1v) is 3.86. The summed E-state index contributed by atoms with van der Waals surface area (Å²) in [5, 5.41) is 0. The lowest BCUT2D eigenvalue weighted by Crippen LogP contribution is -1.88. The molecule has 1 nitrogen and oxygen atoms in total. The summed E-state index contributed by atoms with van der Waals surface area (Å²) in [6.07, 6.45) is 0. The SMILES string of the molecule is C=C.C=C.CC(=O)c1ccccc1. The summed E-state index contributed by atoms with van der Waals surface area (Å²) >= 11 is 0. The Hall–Kier alpha value is -1.63. The van der Waals surface area contributed by atoms with Gasteiger partial charge in [0.05, 0.1) is 0 Å². The zero-order chi connectivity index (χ0) is 10.7. The minimum atomic E-state index is 0.121. The standard InChI is InChI=1S/C8H8O.2C2H4/c1-7(9)8-5-3-2-4-6-8;2*1-2/h2-6H,1H3;2*1-2H2. The van der Waals surface area contributed by atoms with Gasteiger partial charge in [0.1, 0.15) is 0 Å². The maximum atomic E-state index is 10.6. The topological polar surface area (TPSA) is 17.1 Å². The maximum Gasteiger partial charge on any atom is 0.159 e.